The highest BCUT2D eigenvalue weighted by Crippen LogP contribution is 2.32. The third-order valence-electron chi connectivity index (χ3n) is 2.00. The van der Waals surface area contributed by atoms with Crippen molar-refractivity contribution in [3.8, 4) is 0 Å². The van der Waals surface area contributed by atoms with Gasteiger partial charge in [-0.1, -0.05) is 0 Å². The maximum atomic E-state index is 12.3. The van der Waals surface area contributed by atoms with Crippen LogP contribution in [0.2, 0.25) is 0 Å². The number of aliphatic hydroxyl groups excluding tert-OH is 1. The largest absolute Gasteiger partial charge is 0.416 e. The van der Waals surface area contributed by atoms with Crippen LogP contribution in [-0.4, -0.2) is 11.7 Å². The van der Waals surface area contributed by atoms with Crippen molar-refractivity contribution in [2.75, 3.05) is 12.3 Å². The standard InChI is InChI=1S/C9H11F3N2O/c10-9(11,12)5-1-2-7(14)6(3-5)8(15)4-13/h1-3,8,15H,4,13-14H2. The fourth-order valence-corrected chi connectivity index (χ4v) is 1.17. The van der Waals surface area contributed by atoms with Crippen molar-refractivity contribution in [3.63, 3.8) is 0 Å². The van der Waals surface area contributed by atoms with Gasteiger partial charge in [-0.3, -0.25) is 0 Å². The summed E-state index contributed by atoms with van der Waals surface area (Å²) in [6, 6.07) is 2.78. The Labute approximate surface area is 84.5 Å². The molecule has 0 heterocycles. The molecule has 0 fully saturated rings. The average Bonchev–Trinajstić information content (AvgIpc) is 2.15. The van der Waals surface area contributed by atoms with Gasteiger partial charge in [-0.2, -0.15) is 13.2 Å². The monoisotopic (exact) mass is 220 g/mol. The summed E-state index contributed by atoms with van der Waals surface area (Å²) in [5.74, 6) is 0. The number of nitrogens with two attached hydrogens (primary N) is 2. The van der Waals surface area contributed by atoms with Crippen molar-refractivity contribution in [2.24, 2.45) is 5.73 Å². The lowest BCUT2D eigenvalue weighted by Gasteiger charge is -2.14. The average molecular weight is 220 g/mol. The molecule has 0 amide bonds. The summed E-state index contributed by atoms with van der Waals surface area (Å²) in [7, 11) is 0. The van der Waals surface area contributed by atoms with Gasteiger partial charge in [0.15, 0.2) is 0 Å². The summed E-state index contributed by atoms with van der Waals surface area (Å²) < 4.78 is 36.9. The number of halogens is 3. The van der Waals surface area contributed by atoms with Gasteiger partial charge in [-0.15, -0.1) is 0 Å². The van der Waals surface area contributed by atoms with E-state index in [1.807, 2.05) is 0 Å². The van der Waals surface area contributed by atoms with Crippen LogP contribution in [0.15, 0.2) is 18.2 Å². The number of hydrogen-bond acceptors (Lipinski definition) is 3. The molecular weight excluding hydrogens is 209 g/mol. The molecule has 1 aromatic rings. The van der Waals surface area contributed by atoms with Gasteiger partial charge in [0.1, 0.15) is 0 Å². The molecule has 1 rings (SSSR count). The van der Waals surface area contributed by atoms with Gasteiger partial charge in [-0.05, 0) is 18.2 Å². The number of benzene rings is 1. The predicted molar refractivity (Wildman–Crippen MR) is 49.9 cm³/mol. The Morgan fingerprint density at radius 3 is 2.40 bits per heavy atom. The van der Waals surface area contributed by atoms with Gasteiger partial charge in [0.25, 0.3) is 0 Å². The lowest BCUT2D eigenvalue weighted by molar-refractivity contribution is -0.137. The molecule has 0 saturated carbocycles. The molecule has 6 heteroatoms. The highest BCUT2D eigenvalue weighted by atomic mass is 19.4. The molecule has 1 unspecified atom stereocenters. The first-order valence-corrected chi connectivity index (χ1v) is 4.21. The van der Waals surface area contributed by atoms with E-state index >= 15 is 0 Å². The smallest absolute Gasteiger partial charge is 0.398 e. The molecule has 3 nitrogen and oxygen atoms in total. The summed E-state index contributed by atoms with van der Waals surface area (Å²) in [5, 5.41) is 9.33. The van der Waals surface area contributed by atoms with E-state index in [0.717, 1.165) is 18.2 Å². The van der Waals surface area contributed by atoms with Crippen molar-refractivity contribution in [3.05, 3.63) is 29.3 Å². The molecule has 0 aliphatic heterocycles. The second-order valence-electron chi connectivity index (χ2n) is 3.09. The lowest BCUT2D eigenvalue weighted by atomic mass is 10.0. The van der Waals surface area contributed by atoms with Crippen LogP contribution in [0.1, 0.15) is 17.2 Å². The highest BCUT2D eigenvalue weighted by molar-refractivity contribution is 5.50. The molecule has 0 radical (unpaired) electrons. The molecular formula is C9H11F3N2O. The highest BCUT2D eigenvalue weighted by Gasteiger charge is 2.31. The van der Waals surface area contributed by atoms with E-state index in [1.54, 1.807) is 0 Å². The number of nitrogen functional groups attached to an aromatic ring is 1. The van der Waals surface area contributed by atoms with E-state index < -0.39 is 17.8 Å². The summed E-state index contributed by atoms with van der Waals surface area (Å²) in [4.78, 5) is 0. The van der Waals surface area contributed by atoms with Gasteiger partial charge in [0, 0.05) is 17.8 Å². The van der Waals surface area contributed by atoms with E-state index in [2.05, 4.69) is 0 Å². The van der Waals surface area contributed by atoms with Gasteiger partial charge in [-0.25, -0.2) is 0 Å². The Kier molecular flexibility index (Phi) is 3.21. The Hall–Kier alpha value is -1.27. The van der Waals surface area contributed by atoms with Crippen LogP contribution in [0.25, 0.3) is 0 Å². The number of alkyl halides is 3. The van der Waals surface area contributed by atoms with Gasteiger partial charge in [0.05, 0.1) is 11.7 Å². The van der Waals surface area contributed by atoms with Crippen molar-refractivity contribution in [2.45, 2.75) is 12.3 Å². The molecule has 0 spiro atoms. The summed E-state index contributed by atoms with van der Waals surface area (Å²) in [6.07, 6.45) is -5.62. The van der Waals surface area contributed by atoms with Crippen LogP contribution < -0.4 is 11.5 Å². The Morgan fingerprint density at radius 2 is 1.93 bits per heavy atom. The predicted octanol–water partition coefficient (Wildman–Crippen LogP) is 1.28. The molecule has 84 valence electrons. The van der Waals surface area contributed by atoms with Crippen LogP contribution in [0.4, 0.5) is 18.9 Å². The third-order valence-corrected chi connectivity index (χ3v) is 2.00. The van der Waals surface area contributed by atoms with Gasteiger partial charge in [0.2, 0.25) is 0 Å². The first-order valence-electron chi connectivity index (χ1n) is 4.21. The number of aliphatic hydroxyl groups is 1. The summed E-state index contributed by atoms with van der Waals surface area (Å²) >= 11 is 0. The van der Waals surface area contributed by atoms with E-state index in [0.29, 0.717) is 0 Å². The fraction of sp³-hybridized carbons (Fsp3) is 0.333. The molecule has 0 aliphatic rings. The normalized spacial score (nSPS) is 13.9. The minimum atomic E-state index is -4.45. The Bertz CT molecular complexity index is 352. The topological polar surface area (TPSA) is 72.3 Å². The van der Waals surface area contributed by atoms with Crippen molar-refractivity contribution in [1.82, 2.24) is 0 Å². The lowest BCUT2D eigenvalue weighted by Crippen LogP contribution is -2.15. The summed E-state index contributed by atoms with van der Waals surface area (Å²) in [6.45, 7) is -0.175. The first kappa shape index (κ1) is 11.8. The summed E-state index contributed by atoms with van der Waals surface area (Å²) in [5.41, 5.74) is 9.83. The van der Waals surface area contributed by atoms with Crippen molar-refractivity contribution >= 4 is 5.69 Å². The molecule has 15 heavy (non-hydrogen) atoms. The minimum Gasteiger partial charge on any atom is -0.398 e. The zero-order valence-corrected chi connectivity index (χ0v) is 7.75. The Balaban J connectivity index is 3.17. The molecule has 0 aliphatic carbocycles. The molecule has 1 aromatic carbocycles. The second-order valence-corrected chi connectivity index (χ2v) is 3.09. The van der Waals surface area contributed by atoms with Crippen LogP contribution >= 0.6 is 0 Å². The zero-order valence-electron chi connectivity index (χ0n) is 7.75. The van der Waals surface area contributed by atoms with Crippen LogP contribution in [0, 0.1) is 0 Å². The zero-order chi connectivity index (χ0) is 11.6. The van der Waals surface area contributed by atoms with Crippen molar-refractivity contribution in [1.29, 1.82) is 0 Å². The van der Waals surface area contributed by atoms with E-state index in [1.165, 1.54) is 0 Å². The van der Waals surface area contributed by atoms with Gasteiger partial charge >= 0.3 is 6.18 Å². The molecule has 0 aromatic heterocycles. The van der Waals surface area contributed by atoms with Gasteiger partial charge < -0.3 is 16.6 Å². The first-order chi connectivity index (χ1) is 6.86. The fourth-order valence-electron chi connectivity index (χ4n) is 1.17. The SMILES string of the molecule is NCC(O)c1cc(C(F)(F)F)ccc1N. The van der Waals surface area contributed by atoms with Crippen LogP contribution in [0.5, 0.6) is 0 Å². The van der Waals surface area contributed by atoms with E-state index in [-0.39, 0.29) is 17.8 Å². The maximum Gasteiger partial charge on any atom is 0.416 e. The minimum absolute atomic E-state index is 0.00678. The number of hydrogen-bond donors (Lipinski definition) is 3. The number of rotatable bonds is 2. The number of anilines is 1. The second kappa shape index (κ2) is 4.08. The van der Waals surface area contributed by atoms with Crippen molar-refractivity contribution < 1.29 is 18.3 Å². The molecule has 0 bridgehead atoms. The third kappa shape index (κ3) is 2.60. The van der Waals surface area contributed by atoms with E-state index in [9.17, 15) is 18.3 Å². The quantitative estimate of drug-likeness (QED) is 0.657. The van der Waals surface area contributed by atoms with E-state index in [4.69, 9.17) is 11.5 Å². The molecule has 1 atom stereocenters. The van der Waals surface area contributed by atoms with Crippen LogP contribution in [-0.2, 0) is 6.18 Å². The van der Waals surface area contributed by atoms with Crippen LogP contribution in [0.3, 0.4) is 0 Å². The Morgan fingerprint density at radius 1 is 1.33 bits per heavy atom. The molecule has 5 N–H and O–H groups in total. The molecule has 0 saturated heterocycles. The maximum absolute atomic E-state index is 12.3.